The Morgan fingerprint density at radius 2 is 1.84 bits per heavy atom. The van der Waals surface area contributed by atoms with Crippen LogP contribution in [0.25, 0.3) is 0 Å². The molecular weight excluding hydrogens is 254 g/mol. The SMILES string of the molecule is OCCCCc1nc(Cc2cc(F)cc(F)c2)no1. The zero-order valence-corrected chi connectivity index (χ0v) is 10.3. The minimum atomic E-state index is -0.623. The second-order valence-electron chi connectivity index (χ2n) is 4.24. The molecular formula is C13H14F2N2O2. The van der Waals surface area contributed by atoms with Gasteiger partial charge in [-0.3, -0.25) is 0 Å². The van der Waals surface area contributed by atoms with E-state index < -0.39 is 11.6 Å². The van der Waals surface area contributed by atoms with Crippen molar-refractivity contribution in [1.82, 2.24) is 10.1 Å². The van der Waals surface area contributed by atoms with E-state index >= 15 is 0 Å². The molecule has 0 unspecified atom stereocenters. The van der Waals surface area contributed by atoms with Crippen LogP contribution in [0.5, 0.6) is 0 Å². The van der Waals surface area contributed by atoms with Gasteiger partial charge in [-0.2, -0.15) is 4.98 Å². The Bertz CT molecular complexity index is 523. The van der Waals surface area contributed by atoms with Crippen LogP contribution in [-0.2, 0) is 12.8 Å². The van der Waals surface area contributed by atoms with Gasteiger partial charge in [-0.15, -0.1) is 0 Å². The molecule has 0 radical (unpaired) electrons. The first kappa shape index (κ1) is 13.6. The van der Waals surface area contributed by atoms with Crippen molar-refractivity contribution < 1.29 is 18.4 Å². The van der Waals surface area contributed by atoms with Gasteiger partial charge in [0.2, 0.25) is 5.89 Å². The van der Waals surface area contributed by atoms with Crippen LogP contribution in [0.3, 0.4) is 0 Å². The zero-order chi connectivity index (χ0) is 13.7. The van der Waals surface area contributed by atoms with Crippen molar-refractivity contribution in [2.24, 2.45) is 0 Å². The summed E-state index contributed by atoms with van der Waals surface area (Å²) in [4.78, 5) is 4.13. The number of aryl methyl sites for hydroxylation is 1. The highest BCUT2D eigenvalue weighted by atomic mass is 19.1. The molecule has 0 aliphatic heterocycles. The Kier molecular flexibility index (Phi) is 4.57. The van der Waals surface area contributed by atoms with Crippen molar-refractivity contribution >= 4 is 0 Å². The number of unbranched alkanes of at least 4 members (excludes halogenated alkanes) is 1. The Morgan fingerprint density at radius 3 is 2.53 bits per heavy atom. The lowest BCUT2D eigenvalue weighted by molar-refractivity contribution is 0.280. The monoisotopic (exact) mass is 268 g/mol. The average Bonchev–Trinajstić information content (AvgIpc) is 2.76. The Hall–Kier alpha value is -1.82. The lowest BCUT2D eigenvalue weighted by Crippen LogP contribution is -1.94. The third-order valence-electron chi connectivity index (χ3n) is 2.59. The maximum atomic E-state index is 13.0. The number of benzene rings is 1. The highest BCUT2D eigenvalue weighted by Gasteiger charge is 2.08. The smallest absolute Gasteiger partial charge is 0.226 e. The summed E-state index contributed by atoms with van der Waals surface area (Å²) >= 11 is 0. The van der Waals surface area contributed by atoms with Crippen LogP contribution in [0, 0.1) is 11.6 Å². The summed E-state index contributed by atoms with van der Waals surface area (Å²) in [5, 5.41) is 12.4. The molecule has 2 aromatic rings. The summed E-state index contributed by atoms with van der Waals surface area (Å²) in [5.41, 5.74) is 0.459. The number of aliphatic hydroxyl groups excluding tert-OH is 1. The van der Waals surface area contributed by atoms with Gasteiger partial charge in [-0.1, -0.05) is 5.16 Å². The topological polar surface area (TPSA) is 59.2 Å². The zero-order valence-electron chi connectivity index (χ0n) is 10.3. The summed E-state index contributed by atoms with van der Waals surface area (Å²) in [5.74, 6) is -0.382. The summed E-state index contributed by atoms with van der Waals surface area (Å²) in [6, 6.07) is 3.30. The van der Waals surface area contributed by atoms with Gasteiger partial charge < -0.3 is 9.63 Å². The second-order valence-corrected chi connectivity index (χ2v) is 4.24. The minimum absolute atomic E-state index is 0.129. The number of rotatable bonds is 6. The first-order chi connectivity index (χ1) is 9.17. The van der Waals surface area contributed by atoms with Gasteiger partial charge >= 0.3 is 0 Å². The maximum absolute atomic E-state index is 13.0. The van der Waals surface area contributed by atoms with Gasteiger partial charge in [0.25, 0.3) is 0 Å². The van der Waals surface area contributed by atoms with Gasteiger partial charge in [0.15, 0.2) is 5.82 Å². The Morgan fingerprint density at radius 1 is 1.11 bits per heavy atom. The minimum Gasteiger partial charge on any atom is -0.396 e. The summed E-state index contributed by atoms with van der Waals surface area (Å²) < 4.78 is 31.0. The number of nitrogens with zero attached hydrogens (tertiary/aromatic N) is 2. The van der Waals surface area contributed by atoms with Crippen molar-refractivity contribution in [1.29, 1.82) is 0 Å². The van der Waals surface area contributed by atoms with E-state index in [1.165, 1.54) is 12.1 Å². The molecule has 0 bridgehead atoms. The van der Waals surface area contributed by atoms with Crippen LogP contribution < -0.4 is 0 Å². The lowest BCUT2D eigenvalue weighted by Gasteiger charge is -1.97. The number of halogens is 2. The first-order valence-corrected chi connectivity index (χ1v) is 6.04. The molecule has 0 aliphatic carbocycles. The molecule has 0 spiro atoms. The highest BCUT2D eigenvalue weighted by molar-refractivity contribution is 5.21. The van der Waals surface area contributed by atoms with Crippen molar-refractivity contribution in [2.45, 2.75) is 25.7 Å². The fraction of sp³-hybridized carbons (Fsp3) is 0.385. The van der Waals surface area contributed by atoms with Gasteiger partial charge in [0, 0.05) is 25.5 Å². The molecule has 1 aromatic heterocycles. The van der Waals surface area contributed by atoms with E-state index in [4.69, 9.17) is 9.63 Å². The first-order valence-electron chi connectivity index (χ1n) is 6.04. The summed E-state index contributed by atoms with van der Waals surface area (Å²) in [7, 11) is 0. The third kappa shape index (κ3) is 4.10. The number of hydrogen-bond donors (Lipinski definition) is 1. The molecule has 19 heavy (non-hydrogen) atoms. The van der Waals surface area contributed by atoms with E-state index in [2.05, 4.69) is 10.1 Å². The van der Waals surface area contributed by atoms with Crippen LogP contribution in [0.2, 0.25) is 0 Å². The normalized spacial score (nSPS) is 10.9. The lowest BCUT2D eigenvalue weighted by atomic mass is 10.1. The van der Waals surface area contributed by atoms with Crippen LogP contribution >= 0.6 is 0 Å². The summed E-state index contributed by atoms with van der Waals surface area (Å²) in [6.07, 6.45) is 2.24. The van der Waals surface area contributed by atoms with Gasteiger partial charge in [0.1, 0.15) is 11.6 Å². The molecule has 0 amide bonds. The van der Waals surface area contributed by atoms with Crippen molar-refractivity contribution in [3.05, 3.63) is 47.1 Å². The number of hydrogen-bond acceptors (Lipinski definition) is 4. The third-order valence-corrected chi connectivity index (χ3v) is 2.59. The molecule has 0 aliphatic rings. The number of aliphatic hydroxyl groups is 1. The molecule has 2 rings (SSSR count). The second kappa shape index (κ2) is 6.38. The van der Waals surface area contributed by atoms with E-state index in [-0.39, 0.29) is 13.0 Å². The molecule has 1 aromatic carbocycles. The number of aromatic nitrogens is 2. The molecule has 102 valence electrons. The molecule has 4 nitrogen and oxygen atoms in total. The van der Waals surface area contributed by atoms with E-state index in [0.717, 1.165) is 12.5 Å². The standard InChI is InChI=1S/C13H14F2N2O2/c14-10-5-9(6-11(15)8-10)7-12-16-13(19-17-12)3-1-2-4-18/h5-6,8,18H,1-4,7H2. The van der Waals surface area contributed by atoms with Gasteiger partial charge in [-0.25, -0.2) is 8.78 Å². The van der Waals surface area contributed by atoms with E-state index in [9.17, 15) is 8.78 Å². The van der Waals surface area contributed by atoms with Crippen molar-refractivity contribution in [3.63, 3.8) is 0 Å². The Balaban J connectivity index is 1.99. The maximum Gasteiger partial charge on any atom is 0.226 e. The van der Waals surface area contributed by atoms with Gasteiger partial charge in [-0.05, 0) is 30.5 Å². The Labute approximate surface area is 109 Å². The van der Waals surface area contributed by atoms with Crippen LogP contribution in [0.15, 0.2) is 22.7 Å². The van der Waals surface area contributed by atoms with E-state index in [1.54, 1.807) is 0 Å². The molecule has 1 N–H and O–H groups in total. The van der Waals surface area contributed by atoms with Crippen molar-refractivity contribution in [2.75, 3.05) is 6.61 Å². The predicted molar refractivity (Wildman–Crippen MR) is 63.5 cm³/mol. The molecule has 0 atom stereocenters. The quantitative estimate of drug-likeness (QED) is 0.816. The predicted octanol–water partition coefficient (Wildman–Crippen LogP) is 2.25. The van der Waals surface area contributed by atoms with E-state index in [0.29, 0.717) is 30.1 Å². The average molecular weight is 268 g/mol. The highest BCUT2D eigenvalue weighted by Crippen LogP contribution is 2.12. The fourth-order valence-electron chi connectivity index (χ4n) is 1.75. The molecule has 0 saturated carbocycles. The largest absolute Gasteiger partial charge is 0.396 e. The molecule has 0 saturated heterocycles. The van der Waals surface area contributed by atoms with Crippen LogP contribution in [-0.4, -0.2) is 21.9 Å². The molecule has 0 fully saturated rings. The van der Waals surface area contributed by atoms with Gasteiger partial charge in [0.05, 0.1) is 0 Å². The molecule has 6 heteroatoms. The van der Waals surface area contributed by atoms with Crippen molar-refractivity contribution in [3.8, 4) is 0 Å². The van der Waals surface area contributed by atoms with E-state index in [1.807, 2.05) is 0 Å². The van der Waals surface area contributed by atoms with Crippen LogP contribution in [0.4, 0.5) is 8.78 Å². The molecule has 1 heterocycles. The van der Waals surface area contributed by atoms with Crippen LogP contribution in [0.1, 0.15) is 30.1 Å². The fourth-order valence-corrected chi connectivity index (χ4v) is 1.75. The summed E-state index contributed by atoms with van der Waals surface area (Å²) in [6.45, 7) is 0.129.